The Morgan fingerprint density at radius 2 is 1.67 bits per heavy atom. The Labute approximate surface area is 145 Å². The van der Waals surface area contributed by atoms with E-state index in [1.54, 1.807) is 0 Å². The van der Waals surface area contributed by atoms with Crippen LogP contribution < -0.4 is 5.46 Å². The van der Waals surface area contributed by atoms with Crippen LogP contribution in [0.3, 0.4) is 0 Å². The summed E-state index contributed by atoms with van der Waals surface area (Å²) in [6.07, 6.45) is 2.57. The normalized spacial score (nSPS) is 29.0. The maximum absolute atomic E-state index is 6.21. The average Bonchev–Trinajstić information content (AvgIpc) is 3.35. The molecule has 1 aromatic carbocycles. The first-order valence-electron chi connectivity index (χ1n) is 9.06. The second-order valence-electron chi connectivity index (χ2n) is 8.19. The summed E-state index contributed by atoms with van der Waals surface area (Å²) in [6, 6.07) is 6.61. The van der Waals surface area contributed by atoms with Gasteiger partial charge in [0.15, 0.2) is 0 Å². The highest BCUT2D eigenvalue weighted by Crippen LogP contribution is 2.44. The fourth-order valence-corrected chi connectivity index (χ4v) is 3.43. The number of hydrogen-bond acceptors (Lipinski definition) is 4. The van der Waals surface area contributed by atoms with Gasteiger partial charge in [-0.15, -0.1) is 0 Å². The van der Waals surface area contributed by atoms with Crippen LogP contribution in [0.1, 0.15) is 63.7 Å². The third-order valence-electron chi connectivity index (χ3n) is 5.82. The highest BCUT2D eigenvalue weighted by atomic mass is 16.7. The molecular formula is C19H27BO4. The lowest BCUT2D eigenvalue weighted by atomic mass is 9.77. The van der Waals surface area contributed by atoms with Crippen LogP contribution in [0, 0.1) is 0 Å². The predicted molar refractivity (Wildman–Crippen MR) is 93.6 cm³/mol. The lowest BCUT2D eigenvalue weighted by molar-refractivity contribution is -0.0904. The van der Waals surface area contributed by atoms with E-state index in [0.29, 0.717) is 25.7 Å². The van der Waals surface area contributed by atoms with Crippen molar-refractivity contribution in [3.63, 3.8) is 0 Å². The molecule has 1 aliphatic carbocycles. The molecule has 0 spiro atoms. The third kappa shape index (κ3) is 2.92. The number of benzene rings is 1. The molecule has 4 nitrogen and oxygen atoms in total. The van der Waals surface area contributed by atoms with Crippen molar-refractivity contribution in [2.24, 2.45) is 0 Å². The minimum Gasteiger partial charge on any atom is -0.399 e. The molecule has 2 aliphatic heterocycles. The summed E-state index contributed by atoms with van der Waals surface area (Å²) >= 11 is 0. The van der Waals surface area contributed by atoms with Crippen LogP contribution >= 0.6 is 0 Å². The van der Waals surface area contributed by atoms with Crippen LogP contribution in [0.15, 0.2) is 18.2 Å². The van der Waals surface area contributed by atoms with Gasteiger partial charge < -0.3 is 18.8 Å². The molecule has 2 saturated heterocycles. The van der Waals surface area contributed by atoms with Gasteiger partial charge in [-0.2, -0.15) is 0 Å². The highest BCUT2D eigenvalue weighted by molar-refractivity contribution is 6.62. The van der Waals surface area contributed by atoms with Gasteiger partial charge >= 0.3 is 7.12 Å². The fourth-order valence-electron chi connectivity index (χ4n) is 3.43. The van der Waals surface area contributed by atoms with E-state index in [0.717, 1.165) is 5.46 Å². The molecule has 0 N–H and O–H groups in total. The Balaban J connectivity index is 1.65. The van der Waals surface area contributed by atoms with Crippen molar-refractivity contribution >= 4 is 12.6 Å². The second kappa shape index (κ2) is 5.84. The summed E-state index contributed by atoms with van der Waals surface area (Å²) in [5.41, 5.74) is 3.09. The molecule has 3 aliphatic rings. The van der Waals surface area contributed by atoms with Crippen molar-refractivity contribution in [2.45, 2.75) is 63.8 Å². The molecule has 0 amide bonds. The van der Waals surface area contributed by atoms with Crippen molar-refractivity contribution < 1.29 is 18.8 Å². The summed E-state index contributed by atoms with van der Waals surface area (Å²) in [5.74, 6) is 0.679. The molecule has 130 valence electrons. The van der Waals surface area contributed by atoms with Crippen molar-refractivity contribution in [1.82, 2.24) is 0 Å². The molecule has 0 radical (unpaired) electrons. The van der Waals surface area contributed by atoms with Gasteiger partial charge in [-0.05, 0) is 63.0 Å². The van der Waals surface area contributed by atoms with Crippen LogP contribution in [0.4, 0.5) is 0 Å². The molecule has 0 bridgehead atoms. The Kier molecular flexibility index (Phi) is 4.03. The molecular weight excluding hydrogens is 303 g/mol. The van der Waals surface area contributed by atoms with E-state index in [9.17, 15) is 0 Å². The highest BCUT2D eigenvalue weighted by Gasteiger charge is 2.51. The molecule has 1 atom stereocenters. The van der Waals surface area contributed by atoms with E-state index in [1.165, 1.54) is 24.0 Å². The van der Waals surface area contributed by atoms with Crippen molar-refractivity contribution in [1.29, 1.82) is 0 Å². The van der Waals surface area contributed by atoms with Crippen molar-refractivity contribution in [2.75, 3.05) is 19.8 Å². The van der Waals surface area contributed by atoms with E-state index in [-0.39, 0.29) is 24.4 Å². The van der Waals surface area contributed by atoms with Crippen LogP contribution in [0.25, 0.3) is 0 Å². The maximum Gasteiger partial charge on any atom is 0.494 e. The summed E-state index contributed by atoms with van der Waals surface area (Å²) < 4.78 is 24.0. The van der Waals surface area contributed by atoms with Gasteiger partial charge in [0.2, 0.25) is 0 Å². The Bertz CT molecular complexity index is 602. The van der Waals surface area contributed by atoms with Crippen LogP contribution in [0.2, 0.25) is 0 Å². The molecule has 24 heavy (non-hydrogen) atoms. The Morgan fingerprint density at radius 1 is 0.958 bits per heavy atom. The monoisotopic (exact) mass is 330 g/mol. The van der Waals surface area contributed by atoms with E-state index < -0.39 is 0 Å². The number of ether oxygens (including phenoxy) is 2. The fraction of sp³-hybridized carbons (Fsp3) is 0.684. The van der Waals surface area contributed by atoms with Gasteiger partial charge in [-0.1, -0.05) is 18.2 Å². The first-order valence-corrected chi connectivity index (χ1v) is 9.06. The molecule has 4 rings (SSSR count). The van der Waals surface area contributed by atoms with Crippen molar-refractivity contribution in [3.8, 4) is 0 Å². The molecule has 2 heterocycles. The predicted octanol–water partition coefficient (Wildman–Crippen LogP) is 2.95. The van der Waals surface area contributed by atoms with Crippen LogP contribution in [-0.4, -0.2) is 38.1 Å². The van der Waals surface area contributed by atoms with Gasteiger partial charge in [0.05, 0.1) is 31.0 Å². The summed E-state index contributed by atoms with van der Waals surface area (Å²) in [4.78, 5) is 0. The molecule has 3 fully saturated rings. The van der Waals surface area contributed by atoms with Gasteiger partial charge in [0.25, 0.3) is 0 Å². The second-order valence-corrected chi connectivity index (χ2v) is 8.19. The summed E-state index contributed by atoms with van der Waals surface area (Å²) in [5, 5.41) is 0. The van der Waals surface area contributed by atoms with Crippen LogP contribution in [0.5, 0.6) is 0 Å². The molecule has 5 heteroatoms. The summed E-state index contributed by atoms with van der Waals surface area (Å²) in [6.45, 7) is 10.3. The van der Waals surface area contributed by atoms with Gasteiger partial charge in [-0.3, -0.25) is 0 Å². The van der Waals surface area contributed by atoms with Gasteiger partial charge in [-0.25, -0.2) is 0 Å². The number of rotatable bonds is 3. The molecule has 1 saturated carbocycles. The Hall–Kier alpha value is -0.875. The Morgan fingerprint density at radius 3 is 2.25 bits per heavy atom. The quantitative estimate of drug-likeness (QED) is 0.799. The van der Waals surface area contributed by atoms with Gasteiger partial charge in [0, 0.05) is 0 Å². The molecule has 1 aromatic rings. The largest absolute Gasteiger partial charge is 0.494 e. The van der Waals surface area contributed by atoms with Crippen LogP contribution in [-0.2, 0) is 18.8 Å². The standard InChI is InChI=1S/C19H27BO4/c1-18(2)19(3,4)24-20(23-18)14-7-8-15(13-5-6-13)16(11-14)17-12-21-9-10-22-17/h7-8,11,13,17H,5-6,9-10,12H2,1-4H3. The SMILES string of the molecule is CC1(C)OB(c2ccc(C3CC3)c(C3COCCO3)c2)OC1(C)C. The third-order valence-corrected chi connectivity index (χ3v) is 5.82. The topological polar surface area (TPSA) is 36.9 Å². The maximum atomic E-state index is 6.21. The first-order chi connectivity index (χ1) is 11.4. The van der Waals surface area contributed by atoms with E-state index in [1.807, 2.05) is 0 Å². The smallest absolute Gasteiger partial charge is 0.399 e. The van der Waals surface area contributed by atoms with E-state index in [4.69, 9.17) is 18.8 Å². The zero-order chi connectivity index (χ0) is 16.9. The lowest BCUT2D eigenvalue weighted by Crippen LogP contribution is -2.41. The summed E-state index contributed by atoms with van der Waals surface area (Å²) in [7, 11) is -0.327. The zero-order valence-electron chi connectivity index (χ0n) is 15.1. The van der Waals surface area contributed by atoms with Gasteiger partial charge in [0.1, 0.15) is 6.10 Å². The number of hydrogen-bond donors (Lipinski definition) is 0. The zero-order valence-corrected chi connectivity index (χ0v) is 15.1. The minimum absolute atomic E-state index is 0.0247. The lowest BCUT2D eigenvalue weighted by Gasteiger charge is -2.32. The first kappa shape index (κ1) is 16.6. The average molecular weight is 330 g/mol. The van der Waals surface area contributed by atoms with E-state index in [2.05, 4.69) is 45.9 Å². The van der Waals surface area contributed by atoms with Crippen molar-refractivity contribution in [3.05, 3.63) is 29.3 Å². The van der Waals surface area contributed by atoms with E-state index >= 15 is 0 Å². The molecule has 0 aromatic heterocycles. The minimum atomic E-state index is -0.327. The molecule has 1 unspecified atom stereocenters.